The molecule has 0 aliphatic heterocycles. The van der Waals surface area contributed by atoms with E-state index < -0.39 is 0 Å². The number of fused-ring (bicyclic) bond motifs is 2. The second kappa shape index (κ2) is 7.40. The number of benzene rings is 4. The summed E-state index contributed by atoms with van der Waals surface area (Å²) >= 11 is 0. The Morgan fingerprint density at radius 2 is 1.35 bits per heavy atom. The van der Waals surface area contributed by atoms with Crippen molar-refractivity contribution in [2.75, 3.05) is 0 Å². The second-order valence-corrected chi connectivity index (χ2v) is 7.83. The van der Waals surface area contributed by atoms with Crippen molar-refractivity contribution >= 4 is 21.5 Å². The predicted molar refractivity (Wildman–Crippen MR) is 122 cm³/mol. The van der Waals surface area contributed by atoms with Crippen molar-refractivity contribution in [3.8, 4) is 23.0 Å². The molecule has 0 amide bonds. The van der Waals surface area contributed by atoms with Crippen LogP contribution in [0.3, 0.4) is 0 Å². The molecule has 4 heteroatoms. The Morgan fingerprint density at radius 1 is 0.710 bits per heavy atom. The minimum atomic E-state index is 0.231. The molecule has 0 aliphatic carbocycles. The van der Waals surface area contributed by atoms with Crippen molar-refractivity contribution in [1.82, 2.24) is 0 Å². The molecule has 4 aromatic carbocycles. The molecule has 1 heterocycles. The first-order chi connectivity index (χ1) is 15.0. The third-order valence-electron chi connectivity index (χ3n) is 5.66. The molecule has 31 heavy (non-hydrogen) atoms. The molecule has 1 aromatic heterocycles. The highest BCUT2D eigenvalue weighted by molar-refractivity contribution is 5.90. The Bertz CT molecular complexity index is 1430. The number of aryl methyl sites for hydroxylation is 2. The van der Waals surface area contributed by atoms with Gasteiger partial charge in [0.05, 0.1) is 0 Å². The summed E-state index contributed by atoms with van der Waals surface area (Å²) in [5.74, 6) is 3.70. The lowest BCUT2D eigenvalue weighted by Crippen LogP contribution is -1.96. The molecule has 5 rings (SSSR count). The van der Waals surface area contributed by atoms with Gasteiger partial charge in [0.15, 0.2) is 0 Å². The quantitative estimate of drug-likeness (QED) is 0.335. The monoisotopic (exact) mass is 410 g/mol. The van der Waals surface area contributed by atoms with Gasteiger partial charge in [-0.3, -0.25) is 0 Å². The molecular formula is C27H22O4. The molecule has 2 N–H and O–H groups in total. The lowest BCUT2D eigenvalue weighted by Gasteiger charge is -2.16. The Hall–Kier alpha value is -3.92. The van der Waals surface area contributed by atoms with Crippen LogP contribution in [0.1, 0.15) is 22.6 Å². The van der Waals surface area contributed by atoms with Gasteiger partial charge < -0.3 is 19.4 Å². The molecule has 4 nitrogen and oxygen atoms in total. The van der Waals surface area contributed by atoms with Gasteiger partial charge in [-0.1, -0.05) is 24.3 Å². The second-order valence-electron chi connectivity index (χ2n) is 7.83. The Kier molecular flexibility index (Phi) is 4.55. The third kappa shape index (κ3) is 3.57. The Balaban J connectivity index is 1.63. The normalized spacial score (nSPS) is 11.3. The first-order valence-corrected chi connectivity index (χ1v) is 10.2. The van der Waals surface area contributed by atoms with Crippen molar-refractivity contribution in [3.05, 3.63) is 95.4 Å². The molecule has 0 unspecified atom stereocenters. The first kappa shape index (κ1) is 19.1. The van der Waals surface area contributed by atoms with Crippen LogP contribution in [0.5, 0.6) is 23.0 Å². The molecule has 0 aliphatic rings. The lowest BCUT2D eigenvalue weighted by molar-refractivity contribution is 0.465. The standard InChI is InChI=1S/C27H22O4/c1-16-3-8-22(30-16)15-25-24-10-7-21(29)14-19(24)5-12-27(25)31-26-11-4-18-13-20(28)6-9-23(18)17(26)2/h3-14,28-29H,15H2,1-2H3. The summed E-state index contributed by atoms with van der Waals surface area (Å²) in [7, 11) is 0. The van der Waals surface area contributed by atoms with Gasteiger partial charge >= 0.3 is 0 Å². The number of phenols is 2. The fraction of sp³-hybridized carbons (Fsp3) is 0.111. The minimum absolute atomic E-state index is 0.231. The SMILES string of the molecule is Cc1ccc(Cc2c(Oc3ccc4cc(O)ccc4c3C)ccc3cc(O)ccc23)o1. The zero-order valence-corrected chi connectivity index (χ0v) is 17.3. The van der Waals surface area contributed by atoms with Gasteiger partial charge in [0.2, 0.25) is 0 Å². The smallest absolute Gasteiger partial charge is 0.131 e. The van der Waals surface area contributed by atoms with Crippen LogP contribution in [0.2, 0.25) is 0 Å². The molecule has 0 bridgehead atoms. The largest absolute Gasteiger partial charge is 0.508 e. The van der Waals surface area contributed by atoms with E-state index in [1.807, 2.05) is 62.4 Å². The zero-order valence-electron chi connectivity index (χ0n) is 17.3. The molecule has 0 fully saturated rings. The summed E-state index contributed by atoms with van der Waals surface area (Å²) in [6.07, 6.45) is 0.575. The topological polar surface area (TPSA) is 62.8 Å². The van der Waals surface area contributed by atoms with E-state index in [1.54, 1.807) is 24.3 Å². The summed E-state index contributed by atoms with van der Waals surface area (Å²) in [6, 6.07) is 22.4. The van der Waals surface area contributed by atoms with Crippen LogP contribution in [0, 0.1) is 13.8 Å². The van der Waals surface area contributed by atoms with Crippen LogP contribution in [-0.2, 0) is 6.42 Å². The maximum absolute atomic E-state index is 9.91. The number of ether oxygens (including phenoxy) is 1. The lowest BCUT2D eigenvalue weighted by atomic mass is 9.99. The van der Waals surface area contributed by atoms with Crippen LogP contribution in [0.25, 0.3) is 21.5 Å². The van der Waals surface area contributed by atoms with E-state index >= 15 is 0 Å². The fourth-order valence-electron chi connectivity index (χ4n) is 4.08. The van der Waals surface area contributed by atoms with Gasteiger partial charge in [-0.05, 0) is 89.5 Å². The van der Waals surface area contributed by atoms with Crippen LogP contribution in [0.4, 0.5) is 0 Å². The highest BCUT2D eigenvalue weighted by Crippen LogP contribution is 2.37. The number of phenolic OH excluding ortho intramolecular Hbond substituents is 2. The van der Waals surface area contributed by atoms with E-state index in [2.05, 4.69) is 0 Å². The van der Waals surface area contributed by atoms with Crippen molar-refractivity contribution in [3.63, 3.8) is 0 Å². The number of hydrogen-bond acceptors (Lipinski definition) is 4. The van der Waals surface area contributed by atoms with Gasteiger partial charge in [0, 0.05) is 12.0 Å². The van der Waals surface area contributed by atoms with E-state index in [0.29, 0.717) is 6.42 Å². The van der Waals surface area contributed by atoms with Gasteiger partial charge in [-0.2, -0.15) is 0 Å². The molecule has 0 saturated carbocycles. The summed E-state index contributed by atoms with van der Waals surface area (Å²) in [5, 5.41) is 23.6. The molecule has 154 valence electrons. The zero-order chi connectivity index (χ0) is 21.5. The van der Waals surface area contributed by atoms with Gasteiger partial charge in [0.25, 0.3) is 0 Å². The molecule has 0 atom stereocenters. The van der Waals surface area contributed by atoms with Gasteiger partial charge in [0.1, 0.15) is 34.5 Å². The Labute approximate surface area is 180 Å². The van der Waals surface area contributed by atoms with Crippen molar-refractivity contribution in [2.45, 2.75) is 20.3 Å². The highest BCUT2D eigenvalue weighted by atomic mass is 16.5. The molecule has 5 aromatic rings. The first-order valence-electron chi connectivity index (χ1n) is 10.2. The van der Waals surface area contributed by atoms with E-state index in [4.69, 9.17) is 9.15 Å². The van der Waals surface area contributed by atoms with Crippen molar-refractivity contribution in [2.24, 2.45) is 0 Å². The fourth-order valence-corrected chi connectivity index (χ4v) is 4.08. The summed E-state index contributed by atoms with van der Waals surface area (Å²) in [5.41, 5.74) is 2.00. The van der Waals surface area contributed by atoms with Gasteiger partial charge in [-0.15, -0.1) is 0 Å². The third-order valence-corrected chi connectivity index (χ3v) is 5.66. The van der Waals surface area contributed by atoms with Gasteiger partial charge in [-0.25, -0.2) is 0 Å². The minimum Gasteiger partial charge on any atom is -0.508 e. The average molecular weight is 410 g/mol. The average Bonchev–Trinajstić information content (AvgIpc) is 3.16. The molecular weight excluding hydrogens is 388 g/mol. The maximum atomic E-state index is 9.91. The van der Waals surface area contributed by atoms with Crippen LogP contribution in [0.15, 0.2) is 77.2 Å². The number of aromatic hydroxyl groups is 2. The summed E-state index contributed by atoms with van der Waals surface area (Å²) in [6.45, 7) is 3.95. The van der Waals surface area contributed by atoms with Crippen molar-refractivity contribution < 1.29 is 19.4 Å². The molecule has 0 saturated heterocycles. The summed E-state index contributed by atoms with van der Waals surface area (Å²) in [4.78, 5) is 0. The molecule has 0 radical (unpaired) electrons. The highest BCUT2D eigenvalue weighted by Gasteiger charge is 2.15. The van der Waals surface area contributed by atoms with E-state index in [1.165, 1.54) is 0 Å². The van der Waals surface area contributed by atoms with Crippen molar-refractivity contribution in [1.29, 1.82) is 0 Å². The predicted octanol–water partition coefficient (Wildman–Crippen LogP) is 7.00. The van der Waals surface area contributed by atoms with E-state index in [0.717, 1.165) is 55.7 Å². The summed E-state index contributed by atoms with van der Waals surface area (Å²) < 4.78 is 12.3. The Morgan fingerprint density at radius 3 is 2.03 bits per heavy atom. The number of hydrogen-bond donors (Lipinski definition) is 2. The number of rotatable bonds is 4. The van der Waals surface area contributed by atoms with Crippen LogP contribution < -0.4 is 4.74 Å². The van der Waals surface area contributed by atoms with E-state index in [9.17, 15) is 10.2 Å². The van der Waals surface area contributed by atoms with Crippen LogP contribution >= 0.6 is 0 Å². The van der Waals surface area contributed by atoms with Crippen LogP contribution in [-0.4, -0.2) is 10.2 Å². The maximum Gasteiger partial charge on any atom is 0.131 e. The van der Waals surface area contributed by atoms with E-state index in [-0.39, 0.29) is 11.5 Å². The number of furan rings is 1. The molecule has 0 spiro atoms.